The number of morpholine rings is 1. The van der Waals surface area contributed by atoms with Gasteiger partial charge in [-0.3, -0.25) is 9.89 Å². The quantitative estimate of drug-likeness (QED) is 0.406. The van der Waals surface area contributed by atoms with Gasteiger partial charge in [0.05, 0.1) is 12.7 Å². The number of guanidine groups is 1. The Labute approximate surface area is 128 Å². The van der Waals surface area contributed by atoms with E-state index in [1.165, 1.54) is 19.4 Å². The van der Waals surface area contributed by atoms with Crippen LogP contribution in [-0.2, 0) is 9.47 Å². The standard InChI is InChI=1S/C15H30N4O2/c1-3-20-9-5-7-17-15(16-2)18-10-14-11-19-8-4-6-13(19)12-21-14/h13-14H,3-12H2,1-2H3,(H2,16,17,18). The van der Waals surface area contributed by atoms with Gasteiger partial charge in [-0.2, -0.15) is 0 Å². The van der Waals surface area contributed by atoms with Crippen LogP contribution >= 0.6 is 0 Å². The Morgan fingerprint density at radius 1 is 1.43 bits per heavy atom. The molecule has 2 fully saturated rings. The minimum absolute atomic E-state index is 0.265. The van der Waals surface area contributed by atoms with E-state index in [9.17, 15) is 0 Å². The van der Waals surface area contributed by atoms with Crippen LogP contribution in [0.15, 0.2) is 4.99 Å². The molecule has 0 aromatic heterocycles. The summed E-state index contributed by atoms with van der Waals surface area (Å²) in [6.45, 7) is 8.43. The Morgan fingerprint density at radius 3 is 3.14 bits per heavy atom. The van der Waals surface area contributed by atoms with Crippen molar-refractivity contribution in [3.8, 4) is 0 Å². The Morgan fingerprint density at radius 2 is 2.33 bits per heavy atom. The number of aliphatic imine (C=N–C) groups is 1. The van der Waals surface area contributed by atoms with Crippen LogP contribution in [0, 0.1) is 0 Å². The van der Waals surface area contributed by atoms with Gasteiger partial charge in [-0.05, 0) is 32.7 Å². The number of rotatable bonds is 7. The number of nitrogens with zero attached hydrogens (tertiary/aromatic N) is 2. The van der Waals surface area contributed by atoms with Crippen molar-refractivity contribution in [2.24, 2.45) is 4.99 Å². The molecule has 2 unspecified atom stereocenters. The zero-order chi connectivity index (χ0) is 14.9. The summed E-state index contributed by atoms with van der Waals surface area (Å²) in [4.78, 5) is 6.80. The second-order valence-corrected chi connectivity index (χ2v) is 5.68. The Balaban J connectivity index is 1.59. The molecular formula is C15H30N4O2. The lowest BCUT2D eigenvalue weighted by atomic mass is 10.2. The molecule has 6 nitrogen and oxygen atoms in total. The number of fused-ring (bicyclic) bond motifs is 1. The highest BCUT2D eigenvalue weighted by Gasteiger charge is 2.31. The van der Waals surface area contributed by atoms with Gasteiger partial charge in [0.25, 0.3) is 0 Å². The molecule has 2 aliphatic rings. The van der Waals surface area contributed by atoms with Crippen molar-refractivity contribution in [3.05, 3.63) is 0 Å². The van der Waals surface area contributed by atoms with Gasteiger partial charge in [0, 0.05) is 45.9 Å². The van der Waals surface area contributed by atoms with Crippen molar-refractivity contribution in [3.63, 3.8) is 0 Å². The predicted octanol–water partition coefficient (Wildman–Crippen LogP) is 0.441. The van der Waals surface area contributed by atoms with Crippen molar-refractivity contribution < 1.29 is 9.47 Å². The lowest BCUT2D eigenvalue weighted by Gasteiger charge is -2.35. The molecule has 2 aliphatic heterocycles. The summed E-state index contributed by atoms with van der Waals surface area (Å²) >= 11 is 0. The largest absolute Gasteiger partial charge is 0.382 e. The first kappa shape index (κ1) is 16.5. The molecule has 2 saturated heterocycles. The van der Waals surface area contributed by atoms with Crippen molar-refractivity contribution in [1.29, 1.82) is 0 Å². The second kappa shape index (κ2) is 9.23. The molecule has 2 heterocycles. The van der Waals surface area contributed by atoms with E-state index in [1.807, 2.05) is 6.92 Å². The van der Waals surface area contributed by atoms with Crippen molar-refractivity contribution >= 4 is 5.96 Å². The molecule has 2 rings (SSSR count). The van der Waals surface area contributed by atoms with E-state index in [0.717, 1.165) is 51.8 Å². The van der Waals surface area contributed by atoms with Crippen LogP contribution in [0.2, 0.25) is 0 Å². The van der Waals surface area contributed by atoms with Gasteiger partial charge < -0.3 is 20.1 Å². The highest BCUT2D eigenvalue weighted by atomic mass is 16.5. The van der Waals surface area contributed by atoms with Gasteiger partial charge >= 0.3 is 0 Å². The third-order valence-electron chi connectivity index (χ3n) is 4.14. The van der Waals surface area contributed by atoms with E-state index >= 15 is 0 Å². The normalized spacial score (nSPS) is 26.7. The summed E-state index contributed by atoms with van der Waals surface area (Å²) in [5.41, 5.74) is 0. The molecule has 0 amide bonds. The molecule has 0 saturated carbocycles. The topological polar surface area (TPSA) is 58.1 Å². The first-order valence-corrected chi connectivity index (χ1v) is 8.21. The van der Waals surface area contributed by atoms with Crippen LogP contribution in [0.3, 0.4) is 0 Å². The maximum absolute atomic E-state index is 5.94. The Bertz CT molecular complexity index is 325. The molecule has 0 bridgehead atoms. The second-order valence-electron chi connectivity index (χ2n) is 5.68. The molecule has 21 heavy (non-hydrogen) atoms. The summed E-state index contributed by atoms with van der Waals surface area (Å²) in [6.07, 6.45) is 3.87. The van der Waals surface area contributed by atoms with E-state index in [0.29, 0.717) is 6.04 Å². The molecule has 0 aliphatic carbocycles. The van der Waals surface area contributed by atoms with E-state index in [-0.39, 0.29) is 6.10 Å². The molecule has 2 N–H and O–H groups in total. The number of hydrogen-bond donors (Lipinski definition) is 2. The minimum Gasteiger partial charge on any atom is -0.382 e. The average molecular weight is 298 g/mol. The first-order chi connectivity index (χ1) is 10.3. The van der Waals surface area contributed by atoms with E-state index in [2.05, 4.69) is 20.5 Å². The lowest BCUT2D eigenvalue weighted by molar-refractivity contribution is -0.0453. The van der Waals surface area contributed by atoms with Crippen LogP contribution in [0.25, 0.3) is 0 Å². The summed E-state index contributed by atoms with van der Waals surface area (Å²) in [6, 6.07) is 0.664. The van der Waals surface area contributed by atoms with Crippen molar-refractivity contribution in [2.45, 2.75) is 38.3 Å². The van der Waals surface area contributed by atoms with Crippen molar-refractivity contribution in [2.75, 3.05) is 53.0 Å². The number of ether oxygens (including phenoxy) is 2. The Hall–Kier alpha value is -0.850. The number of hydrogen-bond acceptors (Lipinski definition) is 4. The predicted molar refractivity (Wildman–Crippen MR) is 84.8 cm³/mol. The van der Waals surface area contributed by atoms with Crippen LogP contribution in [0.5, 0.6) is 0 Å². The van der Waals surface area contributed by atoms with Gasteiger partial charge in [0.2, 0.25) is 0 Å². The monoisotopic (exact) mass is 298 g/mol. The van der Waals surface area contributed by atoms with Gasteiger partial charge in [0.15, 0.2) is 5.96 Å². The third kappa shape index (κ3) is 5.45. The molecule has 6 heteroatoms. The maximum atomic E-state index is 5.94. The van der Waals surface area contributed by atoms with Gasteiger partial charge in [0.1, 0.15) is 0 Å². The van der Waals surface area contributed by atoms with Crippen LogP contribution in [-0.4, -0.2) is 76.1 Å². The third-order valence-corrected chi connectivity index (χ3v) is 4.14. The Kier molecular flexibility index (Phi) is 7.26. The van der Waals surface area contributed by atoms with Gasteiger partial charge in [-0.1, -0.05) is 0 Å². The maximum Gasteiger partial charge on any atom is 0.191 e. The first-order valence-electron chi connectivity index (χ1n) is 8.21. The average Bonchev–Trinajstić information content (AvgIpc) is 2.97. The van der Waals surface area contributed by atoms with Gasteiger partial charge in [-0.25, -0.2) is 0 Å². The molecule has 2 atom stereocenters. The lowest BCUT2D eigenvalue weighted by Crippen LogP contribution is -2.51. The van der Waals surface area contributed by atoms with E-state index < -0.39 is 0 Å². The molecule has 0 radical (unpaired) electrons. The SMILES string of the molecule is CCOCCCNC(=NC)NCC1CN2CCCC2CO1. The number of nitrogens with one attached hydrogen (secondary N) is 2. The fraction of sp³-hybridized carbons (Fsp3) is 0.933. The molecule has 0 aromatic carbocycles. The molecule has 0 spiro atoms. The zero-order valence-electron chi connectivity index (χ0n) is 13.4. The van der Waals surface area contributed by atoms with E-state index in [1.54, 1.807) is 7.05 Å². The summed E-state index contributed by atoms with van der Waals surface area (Å²) in [5.74, 6) is 0.846. The van der Waals surface area contributed by atoms with Crippen LogP contribution in [0.4, 0.5) is 0 Å². The van der Waals surface area contributed by atoms with Crippen LogP contribution < -0.4 is 10.6 Å². The van der Waals surface area contributed by atoms with E-state index in [4.69, 9.17) is 9.47 Å². The highest BCUT2D eigenvalue weighted by Crippen LogP contribution is 2.22. The van der Waals surface area contributed by atoms with Crippen molar-refractivity contribution in [1.82, 2.24) is 15.5 Å². The minimum atomic E-state index is 0.265. The molecule has 122 valence electrons. The van der Waals surface area contributed by atoms with Gasteiger partial charge in [-0.15, -0.1) is 0 Å². The zero-order valence-corrected chi connectivity index (χ0v) is 13.4. The summed E-state index contributed by atoms with van der Waals surface area (Å²) < 4.78 is 11.3. The van der Waals surface area contributed by atoms with Crippen LogP contribution in [0.1, 0.15) is 26.2 Å². The summed E-state index contributed by atoms with van der Waals surface area (Å²) in [5, 5.41) is 6.66. The fourth-order valence-corrected chi connectivity index (χ4v) is 2.97. The molecule has 0 aromatic rings. The molecular weight excluding hydrogens is 268 g/mol. The smallest absolute Gasteiger partial charge is 0.191 e. The summed E-state index contributed by atoms with van der Waals surface area (Å²) in [7, 11) is 1.80. The fourth-order valence-electron chi connectivity index (χ4n) is 2.97. The highest BCUT2D eigenvalue weighted by molar-refractivity contribution is 5.79.